The number of halogens is 3. The van der Waals surface area contributed by atoms with Crippen molar-refractivity contribution in [2.24, 2.45) is 0 Å². The third-order valence-electron chi connectivity index (χ3n) is 3.45. The van der Waals surface area contributed by atoms with Crippen LogP contribution in [0.3, 0.4) is 0 Å². The Morgan fingerprint density at radius 3 is 1.58 bits per heavy atom. The molecule has 0 heterocycles. The molecule has 0 spiro atoms. The average molecular weight is 392 g/mol. The Balaban J connectivity index is 2.33. The second-order valence-electron chi connectivity index (χ2n) is 5.03. The number of phenolic OH excluding ortho intramolecular Hbond substituents is 2. The van der Waals surface area contributed by atoms with Crippen molar-refractivity contribution in [1.29, 1.82) is 0 Å². The first-order valence-corrected chi connectivity index (χ1v) is 7.79. The molecule has 0 bridgehead atoms. The van der Waals surface area contributed by atoms with Crippen LogP contribution in [0, 0.1) is 11.6 Å². The van der Waals surface area contributed by atoms with Crippen molar-refractivity contribution in [1.82, 2.24) is 0 Å². The maximum absolute atomic E-state index is 14.5. The van der Waals surface area contributed by atoms with Gasteiger partial charge in [0.25, 0.3) is 0 Å². The molecule has 3 aromatic rings. The lowest BCUT2D eigenvalue weighted by Crippen LogP contribution is -2.14. The van der Waals surface area contributed by atoms with E-state index >= 15 is 0 Å². The zero-order valence-electron chi connectivity index (χ0n) is 12.2. The van der Waals surface area contributed by atoms with Gasteiger partial charge in [-0.1, -0.05) is 40.2 Å². The fourth-order valence-corrected chi connectivity index (χ4v) is 2.83. The van der Waals surface area contributed by atoms with Crippen molar-refractivity contribution < 1.29 is 19.0 Å². The fraction of sp³-hybridized carbons (Fsp3) is 0. The van der Waals surface area contributed by atoms with Crippen LogP contribution < -0.4 is 4.90 Å². The Morgan fingerprint density at radius 1 is 0.750 bits per heavy atom. The number of rotatable bonds is 3. The lowest BCUT2D eigenvalue weighted by molar-refractivity contribution is 0.472. The first kappa shape index (κ1) is 16.3. The summed E-state index contributed by atoms with van der Waals surface area (Å²) in [6.07, 6.45) is 0. The van der Waals surface area contributed by atoms with Gasteiger partial charge in [-0.25, -0.2) is 8.78 Å². The maximum atomic E-state index is 14.5. The van der Waals surface area contributed by atoms with E-state index in [9.17, 15) is 19.0 Å². The zero-order valence-corrected chi connectivity index (χ0v) is 13.8. The summed E-state index contributed by atoms with van der Waals surface area (Å²) < 4.78 is 29.3. The summed E-state index contributed by atoms with van der Waals surface area (Å²) in [4.78, 5) is 1.14. The third-order valence-corrected chi connectivity index (χ3v) is 3.91. The molecule has 0 fully saturated rings. The number of anilines is 3. The predicted molar refractivity (Wildman–Crippen MR) is 92.1 cm³/mol. The topological polar surface area (TPSA) is 43.7 Å². The Morgan fingerprint density at radius 2 is 1.17 bits per heavy atom. The molecule has 0 atom stereocenters. The molecule has 2 N–H and O–H groups in total. The normalized spacial score (nSPS) is 10.6. The van der Waals surface area contributed by atoms with Crippen LogP contribution in [0.25, 0.3) is 0 Å². The Kier molecular flexibility index (Phi) is 4.40. The van der Waals surface area contributed by atoms with Crippen LogP contribution in [0.2, 0.25) is 0 Å². The molecule has 0 saturated heterocycles. The Hall–Kier alpha value is -2.60. The van der Waals surface area contributed by atoms with E-state index < -0.39 is 17.3 Å². The van der Waals surface area contributed by atoms with Gasteiger partial charge in [0.1, 0.15) is 17.2 Å². The number of hydrogen-bond donors (Lipinski definition) is 2. The summed E-state index contributed by atoms with van der Waals surface area (Å²) in [6.45, 7) is 0. The number of phenols is 2. The van der Waals surface area contributed by atoms with Crippen LogP contribution >= 0.6 is 15.9 Å². The number of para-hydroxylation sites is 4. The highest BCUT2D eigenvalue weighted by molar-refractivity contribution is 9.10. The number of benzene rings is 3. The van der Waals surface area contributed by atoms with Gasteiger partial charge in [0.15, 0.2) is 11.6 Å². The molecule has 6 heteroatoms. The molecule has 0 aliphatic carbocycles. The van der Waals surface area contributed by atoms with E-state index in [1.807, 2.05) is 0 Å². The van der Waals surface area contributed by atoms with Gasteiger partial charge in [-0.15, -0.1) is 0 Å². The summed E-state index contributed by atoms with van der Waals surface area (Å²) in [5, 5.41) is 20.3. The average Bonchev–Trinajstić information content (AvgIpc) is 2.52. The van der Waals surface area contributed by atoms with Crippen molar-refractivity contribution in [3.63, 3.8) is 0 Å². The molecule has 3 nitrogen and oxygen atoms in total. The molecule has 122 valence electrons. The van der Waals surface area contributed by atoms with E-state index in [1.54, 1.807) is 24.3 Å². The van der Waals surface area contributed by atoms with E-state index in [1.165, 1.54) is 24.3 Å². The molecule has 3 rings (SSSR count). The van der Waals surface area contributed by atoms with Crippen molar-refractivity contribution in [2.75, 3.05) is 4.90 Å². The van der Waals surface area contributed by atoms with Crippen molar-refractivity contribution in [3.8, 4) is 11.5 Å². The number of aromatic hydroxyl groups is 2. The first-order chi connectivity index (χ1) is 11.5. The molecule has 3 aromatic carbocycles. The van der Waals surface area contributed by atoms with Crippen LogP contribution in [0.4, 0.5) is 25.8 Å². The first-order valence-electron chi connectivity index (χ1n) is 6.99. The third kappa shape index (κ3) is 2.92. The number of nitrogens with zero attached hydrogens (tertiary/aromatic N) is 1. The highest BCUT2D eigenvalue weighted by atomic mass is 79.9. The van der Waals surface area contributed by atoms with Crippen LogP contribution in [-0.2, 0) is 0 Å². The minimum atomic E-state index is -0.839. The molecular weight excluding hydrogens is 380 g/mol. The van der Waals surface area contributed by atoms with E-state index in [4.69, 9.17) is 0 Å². The molecule has 0 unspecified atom stereocenters. The Bertz CT molecular complexity index is 833. The minimum Gasteiger partial charge on any atom is -0.506 e. The van der Waals surface area contributed by atoms with Gasteiger partial charge in [0, 0.05) is 4.47 Å². The second kappa shape index (κ2) is 6.49. The maximum Gasteiger partial charge on any atom is 0.151 e. The van der Waals surface area contributed by atoms with E-state index in [2.05, 4.69) is 15.9 Å². The molecule has 0 aliphatic rings. The largest absolute Gasteiger partial charge is 0.506 e. The van der Waals surface area contributed by atoms with Crippen molar-refractivity contribution >= 4 is 33.0 Å². The monoisotopic (exact) mass is 391 g/mol. The minimum absolute atomic E-state index is 0.138. The van der Waals surface area contributed by atoms with E-state index in [-0.39, 0.29) is 27.3 Å². The highest BCUT2D eigenvalue weighted by Gasteiger charge is 2.25. The van der Waals surface area contributed by atoms with Gasteiger partial charge in [-0.05, 0) is 36.4 Å². The van der Waals surface area contributed by atoms with Crippen molar-refractivity contribution in [2.45, 2.75) is 0 Å². The lowest BCUT2D eigenvalue weighted by Gasteiger charge is -2.27. The van der Waals surface area contributed by atoms with Crippen molar-refractivity contribution in [3.05, 3.63) is 76.8 Å². The fourth-order valence-electron chi connectivity index (χ4n) is 2.43. The SMILES string of the molecule is Oc1ccccc1N(c1ccccc1O)c1c(F)cc(Br)cc1F. The molecule has 0 amide bonds. The molecule has 0 aromatic heterocycles. The lowest BCUT2D eigenvalue weighted by atomic mass is 10.1. The van der Waals surface area contributed by atoms with Gasteiger partial charge in [-0.2, -0.15) is 0 Å². The van der Waals surface area contributed by atoms with Crippen LogP contribution in [0.5, 0.6) is 11.5 Å². The molecule has 0 aliphatic heterocycles. The van der Waals surface area contributed by atoms with Gasteiger partial charge in [0.2, 0.25) is 0 Å². The predicted octanol–water partition coefficient (Wildman–Crippen LogP) is 5.61. The summed E-state index contributed by atoms with van der Waals surface area (Å²) in [6, 6.07) is 14.5. The summed E-state index contributed by atoms with van der Waals surface area (Å²) in [5.41, 5.74) is -0.126. The summed E-state index contributed by atoms with van der Waals surface area (Å²) in [5.74, 6) is -2.04. The van der Waals surface area contributed by atoms with Gasteiger partial charge in [0.05, 0.1) is 11.4 Å². The van der Waals surface area contributed by atoms with Crippen LogP contribution in [0.15, 0.2) is 65.1 Å². The van der Waals surface area contributed by atoms with Crippen LogP contribution in [-0.4, -0.2) is 10.2 Å². The molecule has 0 radical (unpaired) electrons. The quantitative estimate of drug-likeness (QED) is 0.609. The van der Waals surface area contributed by atoms with Gasteiger partial charge >= 0.3 is 0 Å². The summed E-state index contributed by atoms with van der Waals surface area (Å²) >= 11 is 3.04. The zero-order chi connectivity index (χ0) is 17.3. The van der Waals surface area contributed by atoms with Gasteiger partial charge < -0.3 is 10.2 Å². The smallest absolute Gasteiger partial charge is 0.151 e. The van der Waals surface area contributed by atoms with Gasteiger partial charge in [-0.3, -0.25) is 4.90 Å². The molecular formula is C18H12BrF2NO2. The summed E-state index contributed by atoms with van der Waals surface area (Å²) in [7, 11) is 0. The molecule has 0 saturated carbocycles. The van der Waals surface area contributed by atoms with Crippen LogP contribution in [0.1, 0.15) is 0 Å². The second-order valence-corrected chi connectivity index (χ2v) is 5.95. The molecule has 24 heavy (non-hydrogen) atoms. The highest BCUT2D eigenvalue weighted by Crippen LogP contribution is 2.45. The Labute approximate surface area is 145 Å². The number of hydrogen-bond acceptors (Lipinski definition) is 3. The van der Waals surface area contributed by atoms with E-state index in [0.717, 1.165) is 17.0 Å². The van der Waals surface area contributed by atoms with E-state index in [0.29, 0.717) is 0 Å². The standard InChI is InChI=1S/C18H12BrF2NO2/c19-11-9-12(20)18(13(21)10-11)22(14-5-1-3-7-16(14)23)15-6-2-4-8-17(15)24/h1-10,23-24H.